The zero-order chi connectivity index (χ0) is 13.1. The van der Waals surface area contributed by atoms with Gasteiger partial charge < -0.3 is 5.11 Å². The third-order valence-corrected chi connectivity index (χ3v) is 2.83. The summed E-state index contributed by atoms with van der Waals surface area (Å²) < 4.78 is 1.82. The predicted octanol–water partition coefficient (Wildman–Crippen LogP) is 1.84. The Morgan fingerprint density at radius 2 is 2.06 bits per heavy atom. The molecular weight excluding hydrogens is 228 g/mol. The number of aromatic nitrogens is 4. The van der Waals surface area contributed by atoms with Crippen LogP contribution in [0.2, 0.25) is 0 Å². The number of rotatable bonds is 4. The number of aryl methyl sites for hydroxylation is 1. The lowest BCUT2D eigenvalue weighted by molar-refractivity contribution is 0.173. The molecule has 2 heterocycles. The van der Waals surface area contributed by atoms with E-state index in [1.807, 2.05) is 37.6 Å². The van der Waals surface area contributed by atoms with Crippen LogP contribution in [0.5, 0.6) is 0 Å². The summed E-state index contributed by atoms with van der Waals surface area (Å²) in [6, 6.07) is 4.03. The van der Waals surface area contributed by atoms with E-state index in [0.717, 1.165) is 17.1 Å². The van der Waals surface area contributed by atoms with E-state index in [2.05, 4.69) is 15.1 Å². The molecular formula is C13H18N4O. The van der Waals surface area contributed by atoms with Gasteiger partial charge in [-0.25, -0.2) is 9.67 Å². The van der Waals surface area contributed by atoms with Gasteiger partial charge in [-0.1, -0.05) is 6.07 Å². The molecule has 0 amide bonds. The highest BCUT2D eigenvalue weighted by atomic mass is 16.3. The van der Waals surface area contributed by atoms with Crippen molar-refractivity contribution in [3.05, 3.63) is 41.7 Å². The molecule has 1 atom stereocenters. The Morgan fingerprint density at radius 1 is 1.28 bits per heavy atom. The van der Waals surface area contributed by atoms with Crippen molar-refractivity contribution in [3.8, 4) is 0 Å². The molecule has 0 aliphatic rings. The summed E-state index contributed by atoms with van der Waals surface area (Å²) in [5.74, 6) is 0.790. The van der Waals surface area contributed by atoms with Crippen LogP contribution >= 0.6 is 0 Å². The Labute approximate surface area is 107 Å². The summed E-state index contributed by atoms with van der Waals surface area (Å²) in [5.41, 5.74) is 1.75. The molecule has 0 saturated heterocycles. The van der Waals surface area contributed by atoms with Gasteiger partial charge in [0.25, 0.3) is 0 Å². The Morgan fingerprint density at radius 3 is 2.67 bits per heavy atom. The second kappa shape index (κ2) is 5.27. The summed E-state index contributed by atoms with van der Waals surface area (Å²) in [7, 11) is 0. The molecule has 5 heteroatoms. The molecule has 0 aromatic carbocycles. The van der Waals surface area contributed by atoms with E-state index in [1.165, 1.54) is 6.33 Å². The van der Waals surface area contributed by atoms with Crippen LogP contribution in [0.15, 0.2) is 24.7 Å². The highest BCUT2D eigenvalue weighted by molar-refractivity contribution is 5.16. The van der Waals surface area contributed by atoms with Gasteiger partial charge in [-0.3, -0.25) is 4.98 Å². The van der Waals surface area contributed by atoms with Gasteiger partial charge in [-0.15, -0.1) is 0 Å². The fourth-order valence-corrected chi connectivity index (χ4v) is 1.82. The number of aliphatic hydroxyl groups excluding tert-OH is 1. The van der Waals surface area contributed by atoms with Gasteiger partial charge in [-0.05, 0) is 32.4 Å². The minimum atomic E-state index is -0.597. The lowest BCUT2D eigenvalue weighted by atomic mass is 10.1. The maximum atomic E-state index is 10.2. The number of aliphatic hydroxyl groups is 1. The van der Waals surface area contributed by atoms with E-state index in [-0.39, 0.29) is 6.04 Å². The molecule has 18 heavy (non-hydrogen) atoms. The largest absolute Gasteiger partial charge is 0.388 e. The van der Waals surface area contributed by atoms with E-state index < -0.39 is 6.10 Å². The van der Waals surface area contributed by atoms with Gasteiger partial charge in [0.1, 0.15) is 12.2 Å². The van der Waals surface area contributed by atoms with Crippen LogP contribution in [0.4, 0.5) is 0 Å². The van der Waals surface area contributed by atoms with Crippen LogP contribution in [0.1, 0.15) is 43.1 Å². The molecule has 0 radical (unpaired) electrons. The molecule has 2 aromatic rings. The van der Waals surface area contributed by atoms with Crippen LogP contribution in [0.25, 0.3) is 0 Å². The lowest BCUT2D eigenvalue weighted by Gasteiger charge is -2.13. The first kappa shape index (κ1) is 12.7. The zero-order valence-electron chi connectivity index (χ0n) is 10.9. The fourth-order valence-electron chi connectivity index (χ4n) is 1.82. The SMILES string of the molecule is Cc1ccc(C(O)Cc2ncnn2C(C)C)cn1. The average molecular weight is 246 g/mol. The van der Waals surface area contributed by atoms with E-state index in [4.69, 9.17) is 0 Å². The molecule has 96 valence electrons. The quantitative estimate of drug-likeness (QED) is 0.894. The van der Waals surface area contributed by atoms with Gasteiger partial charge >= 0.3 is 0 Å². The van der Waals surface area contributed by atoms with Crippen LogP contribution in [-0.2, 0) is 6.42 Å². The smallest absolute Gasteiger partial charge is 0.138 e. The molecule has 1 N–H and O–H groups in total. The first-order chi connectivity index (χ1) is 8.58. The van der Waals surface area contributed by atoms with Crippen molar-refractivity contribution in [2.75, 3.05) is 0 Å². The maximum Gasteiger partial charge on any atom is 0.138 e. The van der Waals surface area contributed by atoms with Crippen molar-refractivity contribution >= 4 is 0 Å². The minimum Gasteiger partial charge on any atom is -0.388 e. The van der Waals surface area contributed by atoms with Gasteiger partial charge in [0.05, 0.1) is 6.10 Å². The normalized spacial score (nSPS) is 12.9. The number of hydrogen-bond donors (Lipinski definition) is 1. The molecule has 1 unspecified atom stereocenters. The van der Waals surface area contributed by atoms with Crippen molar-refractivity contribution < 1.29 is 5.11 Å². The second-order valence-corrected chi connectivity index (χ2v) is 4.67. The predicted molar refractivity (Wildman–Crippen MR) is 68.0 cm³/mol. The minimum absolute atomic E-state index is 0.242. The Hall–Kier alpha value is -1.75. The topological polar surface area (TPSA) is 63.8 Å². The molecule has 2 aromatic heterocycles. The van der Waals surface area contributed by atoms with Gasteiger partial charge in [-0.2, -0.15) is 5.10 Å². The highest BCUT2D eigenvalue weighted by Crippen LogP contribution is 2.17. The zero-order valence-corrected chi connectivity index (χ0v) is 10.9. The van der Waals surface area contributed by atoms with Crippen LogP contribution in [0, 0.1) is 6.92 Å². The van der Waals surface area contributed by atoms with Crippen LogP contribution in [0.3, 0.4) is 0 Å². The van der Waals surface area contributed by atoms with E-state index >= 15 is 0 Å². The third kappa shape index (κ3) is 2.73. The highest BCUT2D eigenvalue weighted by Gasteiger charge is 2.14. The molecule has 5 nitrogen and oxygen atoms in total. The Kier molecular flexibility index (Phi) is 3.72. The standard InChI is InChI=1S/C13H18N4O/c1-9(2)17-13(15-8-16-17)6-12(18)11-5-4-10(3)14-7-11/h4-5,7-9,12,18H,6H2,1-3H3. The Bertz CT molecular complexity index is 504. The van der Waals surface area contributed by atoms with Gasteiger partial charge in [0, 0.05) is 24.4 Å². The van der Waals surface area contributed by atoms with Gasteiger partial charge in [0.2, 0.25) is 0 Å². The summed E-state index contributed by atoms with van der Waals surface area (Å²) in [6.45, 7) is 6.00. The van der Waals surface area contributed by atoms with Crippen molar-refractivity contribution in [1.29, 1.82) is 0 Å². The molecule has 0 bridgehead atoms. The maximum absolute atomic E-state index is 10.2. The fraction of sp³-hybridized carbons (Fsp3) is 0.462. The average Bonchev–Trinajstić information content (AvgIpc) is 2.78. The number of nitrogens with zero attached hydrogens (tertiary/aromatic N) is 4. The monoisotopic (exact) mass is 246 g/mol. The van der Waals surface area contributed by atoms with Gasteiger partial charge in [0.15, 0.2) is 0 Å². The van der Waals surface area contributed by atoms with E-state index in [0.29, 0.717) is 6.42 Å². The molecule has 0 saturated carbocycles. The molecule has 0 aliphatic heterocycles. The summed E-state index contributed by atoms with van der Waals surface area (Å²) in [5, 5.41) is 14.3. The van der Waals surface area contributed by atoms with Crippen LogP contribution in [-0.4, -0.2) is 24.9 Å². The van der Waals surface area contributed by atoms with Crippen molar-refractivity contribution in [1.82, 2.24) is 19.7 Å². The number of hydrogen-bond acceptors (Lipinski definition) is 4. The van der Waals surface area contributed by atoms with E-state index in [9.17, 15) is 5.11 Å². The van der Waals surface area contributed by atoms with Crippen molar-refractivity contribution in [2.24, 2.45) is 0 Å². The number of pyridine rings is 1. The summed E-state index contributed by atoms with van der Waals surface area (Å²) in [4.78, 5) is 8.38. The first-order valence-electron chi connectivity index (χ1n) is 6.07. The molecule has 0 fully saturated rings. The molecule has 0 aliphatic carbocycles. The van der Waals surface area contributed by atoms with Crippen LogP contribution < -0.4 is 0 Å². The van der Waals surface area contributed by atoms with Crippen molar-refractivity contribution in [2.45, 2.75) is 39.3 Å². The lowest BCUT2D eigenvalue weighted by Crippen LogP contribution is -2.12. The summed E-state index contributed by atoms with van der Waals surface area (Å²) in [6.07, 6.45) is 3.08. The molecule has 0 spiro atoms. The Balaban J connectivity index is 2.13. The second-order valence-electron chi connectivity index (χ2n) is 4.67. The van der Waals surface area contributed by atoms with E-state index in [1.54, 1.807) is 6.20 Å². The summed E-state index contributed by atoms with van der Waals surface area (Å²) >= 11 is 0. The molecule has 2 rings (SSSR count). The van der Waals surface area contributed by atoms with Crippen molar-refractivity contribution in [3.63, 3.8) is 0 Å². The first-order valence-corrected chi connectivity index (χ1v) is 6.07. The third-order valence-electron chi connectivity index (χ3n) is 2.83.